The minimum Gasteiger partial charge on any atom is -0.496 e. The molecular weight excluding hydrogens is 332 g/mol. The number of esters is 1. The third-order valence-corrected chi connectivity index (χ3v) is 5.49. The SMILES string of the molecule is COc1cc2c(cc1C1OC(=O)c3cccc(OC)c31)CC[C@H](C)[C@H]2O. The number of rotatable bonds is 3. The van der Waals surface area contributed by atoms with Gasteiger partial charge in [-0.25, -0.2) is 4.79 Å². The van der Waals surface area contributed by atoms with E-state index < -0.39 is 12.2 Å². The Labute approximate surface area is 152 Å². The fraction of sp³-hybridized carbons (Fsp3) is 0.381. The zero-order valence-electron chi connectivity index (χ0n) is 15.1. The largest absolute Gasteiger partial charge is 0.496 e. The highest BCUT2D eigenvalue weighted by Gasteiger charge is 2.38. The summed E-state index contributed by atoms with van der Waals surface area (Å²) in [5.74, 6) is 1.07. The first kappa shape index (κ1) is 16.9. The summed E-state index contributed by atoms with van der Waals surface area (Å²) in [7, 11) is 3.17. The second-order valence-corrected chi connectivity index (χ2v) is 6.96. The van der Waals surface area contributed by atoms with Gasteiger partial charge in [0.05, 0.1) is 31.5 Å². The number of carbonyl (C=O) groups excluding carboxylic acids is 1. The first-order chi connectivity index (χ1) is 12.5. The fourth-order valence-electron chi connectivity index (χ4n) is 4.00. The average molecular weight is 354 g/mol. The lowest BCUT2D eigenvalue weighted by Gasteiger charge is -2.29. The third kappa shape index (κ3) is 2.46. The molecule has 5 heteroatoms. The zero-order valence-corrected chi connectivity index (χ0v) is 15.1. The van der Waals surface area contributed by atoms with Crippen molar-refractivity contribution in [2.45, 2.75) is 32.0 Å². The molecule has 1 heterocycles. The van der Waals surface area contributed by atoms with Crippen molar-refractivity contribution in [3.05, 3.63) is 58.1 Å². The summed E-state index contributed by atoms with van der Waals surface area (Å²) in [5.41, 5.74) is 4.00. The predicted octanol–water partition coefficient (Wildman–Crippen LogP) is 3.58. The van der Waals surface area contributed by atoms with Gasteiger partial charge in [-0.2, -0.15) is 0 Å². The highest BCUT2D eigenvalue weighted by molar-refractivity contribution is 5.95. The maximum atomic E-state index is 12.3. The Kier molecular flexibility index (Phi) is 4.11. The molecule has 2 aromatic carbocycles. The second kappa shape index (κ2) is 6.32. The lowest BCUT2D eigenvalue weighted by Crippen LogP contribution is -2.19. The number of hydrogen-bond donors (Lipinski definition) is 1. The molecule has 0 fully saturated rings. The van der Waals surface area contributed by atoms with Gasteiger partial charge in [-0.3, -0.25) is 0 Å². The summed E-state index contributed by atoms with van der Waals surface area (Å²) in [6, 6.07) is 9.23. The molecule has 0 amide bonds. The smallest absolute Gasteiger partial charge is 0.339 e. The van der Waals surface area contributed by atoms with Crippen molar-refractivity contribution in [3.63, 3.8) is 0 Å². The molecule has 0 saturated carbocycles. The van der Waals surface area contributed by atoms with Crippen LogP contribution in [-0.4, -0.2) is 25.3 Å². The second-order valence-electron chi connectivity index (χ2n) is 6.96. The minimum absolute atomic E-state index is 0.211. The lowest BCUT2D eigenvalue weighted by molar-refractivity contribution is 0.0450. The van der Waals surface area contributed by atoms with Gasteiger partial charge in [-0.05, 0) is 54.2 Å². The molecule has 4 rings (SSSR count). The molecule has 2 aromatic rings. The molecule has 1 aliphatic heterocycles. The fourth-order valence-corrected chi connectivity index (χ4v) is 4.00. The van der Waals surface area contributed by atoms with E-state index in [-0.39, 0.29) is 11.9 Å². The van der Waals surface area contributed by atoms with Gasteiger partial charge in [0.25, 0.3) is 0 Å². The molecule has 1 unspecified atom stereocenters. The van der Waals surface area contributed by atoms with Crippen LogP contribution in [0.2, 0.25) is 0 Å². The van der Waals surface area contributed by atoms with Gasteiger partial charge in [-0.15, -0.1) is 0 Å². The number of carbonyl (C=O) groups is 1. The number of cyclic esters (lactones) is 1. The van der Waals surface area contributed by atoms with Gasteiger partial charge in [0.2, 0.25) is 0 Å². The predicted molar refractivity (Wildman–Crippen MR) is 95.7 cm³/mol. The van der Waals surface area contributed by atoms with Gasteiger partial charge >= 0.3 is 5.97 Å². The van der Waals surface area contributed by atoms with E-state index in [1.807, 2.05) is 25.1 Å². The first-order valence-electron chi connectivity index (χ1n) is 8.81. The highest BCUT2D eigenvalue weighted by Crippen LogP contribution is 2.46. The highest BCUT2D eigenvalue weighted by atomic mass is 16.6. The molecular formula is C21H22O5. The van der Waals surface area contributed by atoms with Crippen LogP contribution in [0.15, 0.2) is 30.3 Å². The van der Waals surface area contributed by atoms with Crippen LogP contribution < -0.4 is 9.47 Å². The molecule has 0 bridgehead atoms. The van der Waals surface area contributed by atoms with Gasteiger partial charge in [-0.1, -0.05) is 13.0 Å². The number of aryl methyl sites for hydroxylation is 1. The Morgan fingerprint density at radius 2 is 1.88 bits per heavy atom. The molecule has 26 heavy (non-hydrogen) atoms. The summed E-state index contributed by atoms with van der Waals surface area (Å²) in [5, 5.41) is 10.5. The van der Waals surface area contributed by atoms with Crippen LogP contribution in [-0.2, 0) is 11.2 Å². The van der Waals surface area contributed by atoms with Crippen LogP contribution in [0.4, 0.5) is 0 Å². The molecule has 0 radical (unpaired) electrons. The van der Waals surface area contributed by atoms with Crippen LogP contribution in [0.1, 0.15) is 58.2 Å². The van der Waals surface area contributed by atoms with E-state index in [0.29, 0.717) is 17.1 Å². The van der Waals surface area contributed by atoms with E-state index in [0.717, 1.165) is 35.1 Å². The van der Waals surface area contributed by atoms with E-state index >= 15 is 0 Å². The van der Waals surface area contributed by atoms with E-state index in [1.165, 1.54) is 0 Å². The van der Waals surface area contributed by atoms with Crippen molar-refractivity contribution < 1.29 is 24.1 Å². The zero-order chi connectivity index (χ0) is 18.4. The van der Waals surface area contributed by atoms with Crippen molar-refractivity contribution in [2.75, 3.05) is 14.2 Å². The van der Waals surface area contributed by atoms with Gasteiger partial charge in [0.1, 0.15) is 11.5 Å². The Morgan fingerprint density at radius 1 is 1.12 bits per heavy atom. The molecule has 136 valence electrons. The van der Waals surface area contributed by atoms with E-state index in [4.69, 9.17) is 14.2 Å². The number of fused-ring (bicyclic) bond motifs is 2. The van der Waals surface area contributed by atoms with Crippen LogP contribution >= 0.6 is 0 Å². The van der Waals surface area contributed by atoms with Gasteiger partial charge in [0, 0.05) is 5.56 Å². The molecule has 2 aliphatic rings. The molecule has 1 N–H and O–H groups in total. The summed E-state index contributed by atoms with van der Waals surface area (Å²) in [4.78, 5) is 12.3. The van der Waals surface area contributed by atoms with Crippen molar-refractivity contribution in [1.29, 1.82) is 0 Å². The number of ether oxygens (including phenoxy) is 3. The summed E-state index contributed by atoms with van der Waals surface area (Å²) < 4.78 is 16.7. The van der Waals surface area contributed by atoms with E-state index in [1.54, 1.807) is 26.4 Å². The Balaban J connectivity index is 1.87. The lowest BCUT2D eigenvalue weighted by atomic mass is 9.81. The van der Waals surface area contributed by atoms with Crippen molar-refractivity contribution in [2.24, 2.45) is 5.92 Å². The third-order valence-electron chi connectivity index (χ3n) is 5.49. The maximum Gasteiger partial charge on any atom is 0.339 e. The first-order valence-corrected chi connectivity index (χ1v) is 8.81. The summed E-state index contributed by atoms with van der Waals surface area (Å²) >= 11 is 0. The maximum absolute atomic E-state index is 12.3. The molecule has 1 aliphatic carbocycles. The minimum atomic E-state index is -0.578. The number of benzene rings is 2. The Hall–Kier alpha value is -2.53. The van der Waals surface area contributed by atoms with E-state index in [9.17, 15) is 9.90 Å². The monoisotopic (exact) mass is 354 g/mol. The van der Waals surface area contributed by atoms with Gasteiger partial charge < -0.3 is 19.3 Å². The quantitative estimate of drug-likeness (QED) is 0.854. The standard InChI is InChI=1S/C21H22O5/c1-11-7-8-12-9-15(17(25-3)10-14(12)19(11)22)20-18-13(21(23)26-20)5-4-6-16(18)24-2/h4-6,9-11,19-20,22H,7-8H2,1-3H3/t11-,19+,20?/m0/s1. The normalized spacial score (nSPS) is 23.8. The van der Waals surface area contributed by atoms with Crippen LogP contribution in [0.25, 0.3) is 0 Å². The Bertz CT molecular complexity index is 873. The number of aliphatic hydroxyl groups is 1. The van der Waals surface area contributed by atoms with Crippen LogP contribution in [0.3, 0.4) is 0 Å². The van der Waals surface area contributed by atoms with E-state index in [2.05, 4.69) is 0 Å². The molecule has 0 saturated heterocycles. The Morgan fingerprint density at radius 3 is 2.62 bits per heavy atom. The molecule has 3 atom stereocenters. The van der Waals surface area contributed by atoms with Gasteiger partial charge in [0.15, 0.2) is 6.10 Å². The molecule has 5 nitrogen and oxygen atoms in total. The topological polar surface area (TPSA) is 65.0 Å². The number of methoxy groups -OCH3 is 2. The molecule has 0 aromatic heterocycles. The van der Waals surface area contributed by atoms with Crippen molar-refractivity contribution in [3.8, 4) is 11.5 Å². The summed E-state index contributed by atoms with van der Waals surface area (Å²) in [6.45, 7) is 2.05. The number of hydrogen-bond acceptors (Lipinski definition) is 5. The van der Waals surface area contributed by atoms with Crippen molar-refractivity contribution in [1.82, 2.24) is 0 Å². The van der Waals surface area contributed by atoms with Crippen LogP contribution in [0, 0.1) is 5.92 Å². The van der Waals surface area contributed by atoms with Crippen molar-refractivity contribution >= 4 is 5.97 Å². The summed E-state index contributed by atoms with van der Waals surface area (Å²) in [6.07, 6.45) is 0.717. The average Bonchev–Trinajstić information content (AvgIpc) is 3.01. The van der Waals surface area contributed by atoms with Crippen LogP contribution in [0.5, 0.6) is 11.5 Å². The molecule has 0 spiro atoms. The number of aliphatic hydroxyl groups excluding tert-OH is 1.